The van der Waals surface area contributed by atoms with Gasteiger partial charge in [0.05, 0.1) is 12.9 Å². The van der Waals surface area contributed by atoms with Gasteiger partial charge in [0.25, 0.3) is 23.3 Å². The Kier molecular flexibility index (Phi) is 6.39. The van der Waals surface area contributed by atoms with Gasteiger partial charge in [-0.2, -0.15) is 4.98 Å². The molecule has 0 unspecified atom stereocenters. The summed E-state index contributed by atoms with van der Waals surface area (Å²) < 4.78 is 27.2. The molecule has 0 aliphatic carbocycles. The Morgan fingerprint density at radius 2 is 1.54 bits per heavy atom. The molecule has 188 valence electrons. The first kappa shape index (κ1) is 23.8. The standard InChI is InChI=1S/C25H20N4O8/c1-33-14-12-25(22(30)27-24(32)28-23(25)31)36-18-10-8-17(9-11-18)35-16-6-4-15(5-7-16)21-26-20(29-37-21)19-3-2-13-34-19/h2-11,13H,12,14H2,1H3,(H2,27,28,30,31,32). The maximum atomic E-state index is 12.5. The minimum atomic E-state index is -1.95. The summed E-state index contributed by atoms with van der Waals surface area (Å²) in [4.78, 5) is 40.9. The number of imide groups is 2. The van der Waals surface area contributed by atoms with E-state index in [0.29, 0.717) is 34.5 Å². The fraction of sp³-hybridized carbons (Fsp3) is 0.160. The summed E-state index contributed by atoms with van der Waals surface area (Å²) in [6.45, 7) is 0.0555. The molecular weight excluding hydrogens is 484 g/mol. The number of hydrogen-bond donors (Lipinski definition) is 2. The fourth-order valence-electron chi connectivity index (χ4n) is 3.58. The van der Waals surface area contributed by atoms with E-state index in [9.17, 15) is 14.4 Å². The van der Waals surface area contributed by atoms with Crippen LogP contribution in [0, 0.1) is 0 Å². The lowest BCUT2D eigenvalue weighted by Crippen LogP contribution is -2.69. The van der Waals surface area contributed by atoms with Crippen LogP contribution in [0.2, 0.25) is 0 Å². The van der Waals surface area contributed by atoms with Crippen molar-refractivity contribution in [1.29, 1.82) is 0 Å². The first-order valence-electron chi connectivity index (χ1n) is 11.1. The normalized spacial score (nSPS) is 14.7. The van der Waals surface area contributed by atoms with Gasteiger partial charge in [-0.3, -0.25) is 20.2 Å². The third-order valence-corrected chi connectivity index (χ3v) is 5.47. The molecule has 1 saturated heterocycles. The van der Waals surface area contributed by atoms with Crippen molar-refractivity contribution in [1.82, 2.24) is 20.8 Å². The number of hydrogen-bond acceptors (Lipinski definition) is 10. The molecule has 2 N–H and O–H groups in total. The highest BCUT2D eigenvalue weighted by Crippen LogP contribution is 2.30. The Bertz CT molecular complexity index is 1390. The predicted octanol–water partition coefficient (Wildman–Crippen LogP) is 3.31. The van der Waals surface area contributed by atoms with Crippen LogP contribution < -0.4 is 20.1 Å². The lowest BCUT2D eigenvalue weighted by molar-refractivity contribution is -0.153. The van der Waals surface area contributed by atoms with Crippen molar-refractivity contribution in [2.75, 3.05) is 13.7 Å². The molecule has 12 heteroatoms. The number of rotatable bonds is 9. The van der Waals surface area contributed by atoms with Crippen molar-refractivity contribution in [3.05, 3.63) is 66.9 Å². The van der Waals surface area contributed by atoms with E-state index >= 15 is 0 Å². The Balaban J connectivity index is 1.26. The predicted molar refractivity (Wildman–Crippen MR) is 125 cm³/mol. The van der Waals surface area contributed by atoms with Crippen molar-refractivity contribution in [2.24, 2.45) is 0 Å². The smallest absolute Gasteiger partial charge is 0.328 e. The molecule has 1 fully saturated rings. The molecular formula is C25H20N4O8. The summed E-state index contributed by atoms with van der Waals surface area (Å²) in [6.07, 6.45) is 1.43. The summed E-state index contributed by atoms with van der Waals surface area (Å²) in [6, 6.07) is 15.9. The molecule has 0 atom stereocenters. The third-order valence-electron chi connectivity index (χ3n) is 5.47. The molecule has 3 heterocycles. The molecule has 37 heavy (non-hydrogen) atoms. The summed E-state index contributed by atoms with van der Waals surface area (Å²) in [7, 11) is 1.43. The van der Waals surface area contributed by atoms with Crippen molar-refractivity contribution < 1.29 is 37.5 Å². The number of urea groups is 1. The van der Waals surface area contributed by atoms with Gasteiger partial charge in [-0.1, -0.05) is 5.16 Å². The number of nitrogens with one attached hydrogen (secondary N) is 2. The van der Waals surface area contributed by atoms with E-state index in [4.69, 9.17) is 23.2 Å². The van der Waals surface area contributed by atoms with E-state index in [0.717, 1.165) is 0 Å². The summed E-state index contributed by atoms with van der Waals surface area (Å²) in [5.41, 5.74) is -1.25. The van der Waals surface area contributed by atoms with Crippen LogP contribution >= 0.6 is 0 Å². The molecule has 0 spiro atoms. The van der Waals surface area contributed by atoms with E-state index in [-0.39, 0.29) is 18.8 Å². The van der Waals surface area contributed by atoms with E-state index in [1.165, 1.54) is 13.4 Å². The second-order valence-electron chi connectivity index (χ2n) is 7.91. The van der Waals surface area contributed by atoms with Gasteiger partial charge in [0.15, 0.2) is 5.76 Å². The van der Waals surface area contributed by atoms with Gasteiger partial charge in [0, 0.05) is 19.1 Å². The first-order chi connectivity index (χ1) is 18.0. The number of benzene rings is 2. The maximum absolute atomic E-state index is 12.5. The van der Waals surface area contributed by atoms with Gasteiger partial charge < -0.3 is 23.2 Å². The lowest BCUT2D eigenvalue weighted by atomic mass is 9.95. The number of amides is 4. The molecule has 1 aliphatic heterocycles. The van der Waals surface area contributed by atoms with Gasteiger partial charge in [-0.15, -0.1) is 0 Å². The molecule has 0 radical (unpaired) electrons. The van der Waals surface area contributed by atoms with Crippen molar-refractivity contribution in [3.8, 4) is 40.3 Å². The molecule has 2 aromatic heterocycles. The van der Waals surface area contributed by atoms with Gasteiger partial charge >= 0.3 is 6.03 Å². The molecule has 0 bridgehead atoms. The van der Waals surface area contributed by atoms with Crippen molar-refractivity contribution in [3.63, 3.8) is 0 Å². The highest BCUT2D eigenvalue weighted by Gasteiger charge is 2.52. The average molecular weight is 504 g/mol. The average Bonchev–Trinajstić information content (AvgIpc) is 3.60. The number of carbonyl (C=O) groups is 3. The number of nitrogens with zero attached hydrogens (tertiary/aromatic N) is 2. The first-order valence-corrected chi connectivity index (χ1v) is 11.1. The van der Waals surface area contributed by atoms with Gasteiger partial charge in [-0.25, -0.2) is 4.79 Å². The topological polar surface area (TPSA) is 155 Å². The third kappa shape index (κ3) is 4.90. The SMILES string of the molecule is COCCC1(Oc2ccc(Oc3ccc(-c4nc(-c5ccco5)no4)cc3)cc2)C(=O)NC(=O)NC1=O. The fourth-order valence-corrected chi connectivity index (χ4v) is 3.58. The lowest BCUT2D eigenvalue weighted by Gasteiger charge is -2.34. The molecule has 12 nitrogen and oxygen atoms in total. The number of methoxy groups -OCH3 is 1. The second kappa shape index (κ2) is 9.95. The van der Waals surface area contributed by atoms with E-state index in [2.05, 4.69) is 20.8 Å². The van der Waals surface area contributed by atoms with Crippen molar-refractivity contribution >= 4 is 17.8 Å². The van der Waals surface area contributed by atoms with Gasteiger partial charge in [0.2, 0.25) is 5.82 Å². The molecule has 2 aromatic carbocycles. The Morgan fingerprint density at radius 3 is 2.16 bits per heavy atom. The van der Waals surface area contributed by atoms with Crippen LogP contribution in [-0.2, 0) is 14.3 Å². The van der Waals surface area contributed by atoms with Crippen LogP contribution in [0.5, 0.6) is 17.2 Å². The van der Waals surface area contributed by atoms with Crippen LogP contribution in [0.15, 0.2) is 75.9 Å². The van der Waals surface area contributed by atoms with Gasteiger partial charge in [0.1, 0.15) is 17.2 Å². The van der Waals surface area contributed by atoms with Gasteiger partial charge in [-0.05, 0) is 60.7 Å². The minimum absolute atomic E-state index is 0.0555. The van der Waals surface area contributed by atoms with Crippen LogP contribution in [0.3, 0.4) is 0 Å². The second-order valence-corrected chi connectivity index (χ2v) is 7.91. The Labute approximate surface area is 209 Å². The highest BCUT2D eigenvalue weighted by molar-refractivity contribution is 6.21. The summed E-state index contributed by atoms with van der Waals surface area (Å²) in [5, 5.41) is 8.04. The zero-order chi connectivity index (χ0) is 25.8. The Hall–Kier alpha value is -4.97. The number of carbonyl (C=O) groups excluding carboxylic acids is 3. The van der Waals surface area contributed by atoms with Crippen LogP contribution in [0.4, 0.5) is 4.79 Å². The quantitative estimate of drug-likeness (QED) is 0.324. The number of ether oxygens (including phenoxy) is 3. The molecule has 4 aromatic rings. The monoisotopic (exact) mass is 504 g/mol. The molecule has 1 aliphatic rings. The summed E-state index contributed by atoms with van der Waals surface area (Å²) >= 11 is 0. The number of barbiturate groups is 1. The zero-order valence-electron chi connectivity index (χ0n) is 19.4. The van der Waals surface area contributed by atoms with Crippen LogP contribution in [-0.4, -0.2) is 47.3 Å². The number of aromatic nitrogens is 2. The van der Waals surface area contributed by atoms with Crippen molar-refractivity contribution in [2.45, 2.75) is 12.0 Å². The van der Waals surface area contributed by atoms with Crippen LogP contribution in [0.1, 0.15) is 6.42 Å². The largest absolute Gasteiger partial charge is 0.467 e. The highest BCUT2D eigenvalue weighted by atomic mass is 16.5. The molecule has 5 rings (SSSR count). The van der Waals surface area contributed by atoms with E-state index in [1.807, 2.05) is 0 Å². The van der Waals surface area contributed by atoms with Crippen LogP contribution in [0.25, 0.3) is 23.0 Å². The molecule has 4 amide bonds. The van der Waals surface area contributed by atoms with E-state index < -0.39 is 23.4 Å². The van der Waals surface area contributed by atoms with E-state index in [1.54, 1.807) is 60.7 Å². The molecule has 0 saturated carbocycles. The Morgan fingerprint density at radius 1 is 0.892 bits per heavy atom. The maximum Gasteiger partial charge on any atom is 0.328 e. The number of furan rings is 1. The zero-order valence-corrected chi connectivity index (χ0v) is 19.4. The summed E-state index contributed by atoms with van der Waals surface area (Å²) in [5.74, 6) is 0.710. The minimum Gasteiger partial charge on any atom is -0.467 e.